The zero-order valence-electron chi connectivity index (χ0n) is 40.8. The monoisotopic (exact) mass is 931 g/mol. The molecule has 1 aromatic heterocycles. The van der Waals surface area contributed by atoms with Crippen molar-refractivity contribution in [3.8, 4) is 0 Å². The van der Waals surface area contributed by atoms with Crippen LogP contribution in [0.3, 0.4) is 0 Å². The quantitative estimate of drug-likeness (QED) is 0.0530. The molecule has 0 amide bonds. The van der Waals surface area contributed by atoms with Gasteiger partial charge in [0, 0.05) is 68.9 Å². The van der Waals surface area contributed by atoms with Crippen molar-refractivity contribution in [2.75, 3.05) is 20.7 Å². The second-order valence-corrected chi connectivity index (χ2v) is 19.9. The van der Waals surface area contributed by atoms with Gasteiger partial charge in [-0.1, -0.05) is 57.9 Å². The Morgan fingerprint density at radius 3 is 2.36 bits per heavy atom. The van der Waals surface area contributed by atoms with Gasteiger partial charge in [-0.2, -0.15) is 5.48 Å². The number of carbonyl (C=O) groups is 2. The normalized spacial score (nSPS) is 35.5. The number of non-ortho nitro benzene ring substituents is 1. The number of hydrogen-bond acceptors (Lipinski definition) is 16. The Hall–Kier alpha value is -3.46. The zero-order chi connectivity index (χ0) is 48.5. The number of ketones is 1. The van der Waals surface area contributed by atoms with Gasteiger partial charge in [0.2, 0.25) is 0 Å². The fraction of sp³-hybridized carbons (Fsp3) is 0.792. The van der Waals surface area contributed by atoms with Crippen molar-refractivity contribution in [2.45, 2.75) is 199 Å². The van der Waals surface area contributed by atoms with E-state index in [0.717, 1.165) is 56.2 Å². The fourth-order valence-electron chi connectivity index (χ4n) is 10.4. The van der Waals surface area contributed by atoms with Crippen LogP contribution in [0.2, 0.25) is 0 Å². The molecule has 0 unspecified atom stereocenters. The molecule has 18 nitrogen and oxygen atoms in total. The average Bonchev–Trinajstić information content (AvgIpc) is 4.00. The number of aliphatic hydroxyl groups excluding tert-OH is 2. The van der Waals surface area contributed by atoms with Crippen LogP contribution in [0, 0.1) is 33.8 Å². The third-order valence-electron chi connectivity index (χ3n) is 14.7. The molecular weight excluding hydrogens is 853 g/mol. The van der Waals surface area contributed by atoms with Gasteiger partial charge >= 0.3 is 5.97 Å². The number of hydroxylamine groups is 1. The summed E-state index contributed by atoms with van der Waals surface area (Å²) in [7, 11) is 3.48. The van der Waals surface area contributed by atoms with Gasteiger partial charge in [0.15, 0.2) is 12.1 Å². The van der Waals surface area contributed by atoms with Crippen molar-refractivity contribution in [3.63, 3.8) is 0 Å². The lowest BCUT2D eigenvalue weighted by Gasteiger charge is -2.48. The molecular formula is C48H78N6O12. The number of carbonyl (C=O) groups excluding carboxylic acids is 2. The first-order valence-electron chi connectivity index (χ1n) is 24.1. The minimum absolute atomic E-state index is 0.00482. The van der Waals surface area contributed by atoms with E-state index in [4.69, 9.17) is 23.8 Å². The number of nitrogens with zero attached hydrogens (tertiary/aromatic N) is 5. The number of nitro groups is 1. The number of unbranched alkanes of at least 4 members (excludes halogenated alkanes) is 1. The largest absolute Gasteiger partial charge is 0.459 e. The van der Waals surface area contributed by atoms with Crippen LogP contribution in [-0.4, -0.2) is 139 Å². The topological polar surface area (TPSA) is 230 Å². The summed E-state index contributed by atoms with van der Waals surface area (Å²) < 4.78 is 27.2. The maximum absolute atomic E-state index is 14.4. The number of hydrogen-bond donors (Lipinski definition) is 4. The van der Waals surface area contributed by atoms with Crippen molar-refractivity contribution in [1.82, 2.24) is 25.4 Å². The highest BCUT2D eigenvalue weighted by molar-refractivity contribution is 6.00. The van der Waals surface area contributed by atoms with E-state index >= 15 is 0 Å². The average molecular weight is 931 g/mol. The number of aliphatic hydroxyl groups is 3. The Morgan fingerprint density at radius 2 is 1.73 bits per heavy atom. The molecule has 372 valence electrons. The van der Waals surface area contributed by atoms with E-state index in [2.05, 4.69) is 20.7 Å². The van der Waals surface area contributed by atoms with Crippen LogP contribution >= 0.6 is 0 Å². The van der Waals surface area contributed by atoms with E-state index in [1.165, 1.54) is 26.0 Å². The number of rotatable bonds is 17. The number of benzene rings is 1. The number of aromatic nitrogens is 3. The van der Waals surface area contributed by atoms with Crippen LogP contribution in [0.25, 0.3) is 0 Å². The van der Waals surface area contributed by atoms with Crippen molar-refractivity contribution in [2.24, 2.45) is 23.7 Å². The molecule has 4 N–H and O–H groups in total. The SMILES string of the molecule is CC[C@H]1OC(=O)[C@H](C)C(=O)[C@H](C)[C@@H](O[C@@H]2O[C@H](C)C[C@H](N(C)CCc3cn(CCCCc4ccc([N+](=O)[O-])cc4)nn3)[C@H]2O)[C@](C)(OC)C[C@@H](C)[C@@H](NOC2CCCC2)[C@@H](C)[C@H](O)[C@@]1(C)O. The second kappa shape index (κ2) is 23.7. The standard InChI is InChI=1S/C48H78N6O12/c1-11-39-48(8,59)43(57)31(4)40(50-66-37-17-12-13-18-37)29(2)27-47(7,62-10)44(32(5)41(55)33(6)45(58)64-39)65-46-42(56)38(26-30(3)63-46)52(9)25-23-35-28-53(51-49-35)24-15-14-16-34-19-21-36(22-20-34)54(60)61/h19-22,28-33,37-40,42-44,46,50,56-57,59H,11-18,23-27H2,1-10H3/t29-,30-,31-,32+,33-,38+,39-,40-,42-,43+,44-,46+,47-,48+/m1/s1. The maximum atomic E-state index is 14.4. The molecule has 2 aromatic rings. The van der Waals surface area contributed by atoms with Gasteiger partial charge in [-0.3, -0.25) is 29.2 Å². The van der Waals surface area contributed by atoms with Crippen LogP contribution in [0.15, 0.2) is 30.5 Å². The van der Waals surface area contributed by atoms with E-state index in [-0.39, 0.29) is 42.7 Å². The summed E-state index contributed by atoms with van der Waals surface area (Å²) in [5.41, 5.74) is 2.14. The van der Waals surface area contributed by atoms with Crippen molar-refractivity contribution in [3.05, 3.63) is 51.8 Å². The Bertz CT molecular complexity index is 1860. The molecule has 1 saturated carbocycles. The van der Waals surface area contributed by atoms with Gasteiger partial charge < -0.3 is 39.2 Å². The lowest BCUT2D eigenvalue weighted by Crippen LogP contribution is -2.61. The van der Waals surface area contributed by atoms with E-state index in [9.17, 15) is 35.0 Å². The number of cyclic esters (lactones) is 1. The maximum Gasteiger partial charge on any atom is 0.316 e. The van der Waals surface area contributed by atoms with Crippen LogP contribution in [0.5, 0.6) is 0 Å². The number of likely N-dealkylation sites (N-methyl/N-ethyl adjacent to an activating group) is 1. The number of nitrogens with one attached hydrogen (secondary N) is 1. The van der Waals surface area contributed by atoms with E-state index < -0.39 is 82.4 Å². The number of aryl methyl sites for hydroxylation is 2. The molecule has 1 aliphatic carbocycles. The van der Waals surface area contributed by atoms with Crippen molar-refractivity contribution in [1.29, 1.82) is 0 Å². The molecule has 0 bridgehead atoms. The third kappa shape index (κ3) is 13.2. The molecule has 1 aromatic carbocycles. The number of Topliss-reactive ketones (excluding diaryl/α,β-unsaturated/α-hetero) is 1. The van der Waals surface area contributed by atoms with Gasteiger partial charge in [0.25, 0.3) is 5.69 Å². The zero-order valence-corrected chi connectivity index (χ0v) is 40.8. The molecule has 66 heavy (non-hydrogen) atoms. The molecule has 5 rings (SSSR count). The predicted molar refractivity (Wildman–Crippen MR) is 245 cm³/mol. The van der Waals surface area contributed by atoms with E-state index in [1.54, 1.807) is 33.1 Å². The van der Waals surface area contributed by atoms with Gasteiger partial charge in [0.05, 0.1) is 40.6 Å². The molecule has 14 atom stereocenters. The summed E-state index contributed by atoms with van der Waals surface area (Å²) in [6.07, 6.45) is 3.82. The van der Waals surface area contributed by atoms with Crippen LogP contribution in [-0.2, 0) is 52.8 Å². The minimum atomic E-state index is -1.86. The molecule has 0 radical (unpaired) electrons. The number of esters is 1. The van der Waals surface area contributed by atoms with Crippen LogP contribution < -0.4 is 5.48 Å². The first kappa shape index (κ1) is 53.5. The molecule has 2 saturated heterocycles. The smallest absolute Gasteiger partial charge is 0.316 e. The van der Waals surface area contributed by atoms with Crippen LogP contribution in [0.4, 0.5) is 5.69 Å². The Morgan fingerprint density at radius 1 is 1.05 bits per heavy atom. The fourth-order valence-corrected chi connectivity index (χ4v) is 10.4. The minimum Gasteiger partial charge on any atom is -0.459 e. The van der Waals surface area contributed by atoms with Gasteiger partial charge in [-0.25, -0.2) is 0 Å². The lowest BCUT2D eigenvalue weighted by molar-refractivity contribution is -0.384. The Labute approximate surface area is 390 Å². The molecule has 3 heterocycles. The first-order valence-corrected chi connectivity index (χ1v) is 24.1. The summed E-state index contributed by atoms with van der Waals surface area (Å²) in [5.74, 6) is -4.42. The van der Waals surface area contributed by atoms with E-state index in [1.807, 2.05) is 45.6 Å². The molecule has 0 spiro atoms. The highest BCUT2D eigenvalue weighted by Gasteiger charge is 2.52. The summed E-state index contributed by atoms with van der Waals surface area (Å²) in [6.45, 7) is 15.2. The Kier molecular flexibility index (Phi) is 19.2. The number of nitro benzene ring substituents is 1. The van der Waals surface area contributed by atoms with Gasteiger partial charge in [0.1, 0.15) is 23.7 Å². The highest BCUT2D eigenvalue weighted by Crippen LogP contribution is 2.40. The molecule has 3 fully saturated rings. The number of methoxy groups -OCH3 is 1. The van der Waals surface area contributed by atoms with Crippen molar-refractivity contribution >= 4 is 17.4 Å². The molecule has 2 aliphatic heterocycles. The lowest BCUT2D eigenvalue weighted by atomic mass is 9.72. The summed E-state index contributed by atoms with van der Waals surface area (Å²) in [6, 6.07) is 5.71. The second-order valence-electron chi connectivity index (χ2n) is 19.9. The molecule has 3 aliphatic rings. The van der Waals surface area contributed by atoms with E-state index in [0.29, 0.717) is 25.9 Å². The Balaban J connectivity index is 1.31. The first-order chi connectivity index (χ1) is 31.2. The summed E-state index contributed by atoms with van der Waals surface area (Å²) >= 11 is 0. The predicted octanol–water partition coefficient (Wildman–Crippen LogP) is 5.12. The highest BCUT2D eigenvalue weighted by atomic mass is 16.7. The summed E-state index contributed by atoms with van der Waals surface area (Å²) in [5, 5.41) is 55.5. The van der Waals surface area contributed by atoms with Crippen LogP contribution in [0.1, 0.15) is 124 Å². The molecule has 18 heteroatoms. The van der Waals surface area contributed by atoms with Gasteiger partial charge in [-0.05, 0) is 97.6 Å². The van der Waals surface area contributed by atoms with Crippen molar-refractivity contribution < 1.29 is 53.6 Å². The number of ether oxygens (including phenoxy) is 4. The summed E-state index contributed by atoms with van der Waals surface area (Å²) in [4.78, 5) is 47.1. The third-order valence-corrected chi connectivity index (χ3v) is 14.7. The van der Waals surface area contributed by atoms with Gasteiger partial charge in [-0.15, -0.1) is 5.10 Å².